The van der Waals surface area contributed by atoms with Gasteiger partial charge in [0.25, 0.3) is 5.56 Å². The lowest BCUT2D eigenvalue weighted by Crippen LogP contribution is -2.43. The largest absolute Gasteiger partial charge is 0.459 e. The predicted molar refractivity (Wildman–Crippen MR) is 151 cm³/mol. The Kier molecular flexibility index (Phi) is 8.60. The molecule has 0 amide bonds. The summed E-state index contributed by atoms with van der Waals surface area (Å²) in [6, 6.07) is 24.2. The molecule has 43 heavy (non-hydrogen) atoms. The fourth-order valence-electron chi connectivity index (χ4n) is 4.46. The van der Waals surface area contributed by atoms with Crippen molar-refractivity contribution in [2.45, 2.75) is 24.5 Å². The Balaban J connectivity index is 1.54. The van der Waals surface area contributed by atoms with E-state index in [0.29, 0.717) is 0 Å². The molecule has 4 aromatic rings. The molecule has 2 heterocycles. The summed E-state index contributed by atoms with van der Waals surface area (Å²) in [5.74, 6) is -0.0979. The van der Waals surface area contributed by atoms with Crippen LogP contribution >= 0.6 is 0 Å². The second-order valence-corrected chi connectivity index (χ2v) is 9.36. The fourth-order valence-corrected chi connectivity index (χ4v) is 4.46. The molecular weight excluding hydrogens is 556 g/mol. The molecule has 1 aliphatic rings. The van der Waals surface area contributed by atoms with Gasteiger partial charge in [-0.2, -0.15) is 0 Å². The van der Waals surface area contributed by atoms with Crippen LogP contribution in [0.15, 0.2) is 107 Å². The van der Waals surface area contributed by atoms with Gasteiger partial charge in [-0.15, -0.1) is 6.42 Å². The Morgan fingerprint density at radius 3 is 1.77 bits per heavy atom. The van der Waals surface area contributed by atoms with Crippen molar-refractivity contribution in [2.75, 3.05) is 6.61 Å². The van der Waals surface area contributed by atoms with Gasteiger partial charge in [-0.25, -0.2) is 19.2 Å². The van der Waals surface area contributed by atoms with E-state index in [1.165, 1.54) is 24.3 Å². The van der Waals surface area contributed by atoms with Crippen molar-refractivity contribution in [1.82, 2.24) is 9.55 Å². The maximum atomic E-state index is 13.2. The topological polar surface area (TPSA) is 143 Å². The minimum atomic E-state index is -1.45. The number of nitrogens with one attached hydrogen (secondary N) is 1. The third-order valence-corrected chi connectivity index (χ3v) is 6.58. The highest BCUT2D eigenvalue weighted by Crippen LogP contribution is 2.34. The normalized spacial score (nSPS) is 19.1. The van der Waals surface area contributed by atoms with E-state index in [4.69, 9.17) is 25.4 Å². The lowest BCUT2D eigenvalue weighted by molar-refractivity contribution is -0.0640. The van der Waals surface area contributed by atoms with Gasteiger partial charge in [0.1, 0.15) is 18.3 Å². The van der Waals surface area contributed by atoms with E-state index < -0.39 is 60.3 Å². The number of hydrogen-bond acceptors (Lipinski definition) is 9. The Morgan fingerprint density at radius 2 is 1.26 bits per heavy atom. The Morgan fingerprint density at radius 1 is 0.767 bits per heavy atom. The zero-order valence-corrected chi connectivity index (χ0v) is 22.5. The summed E-state index contributed by atoms with van der Waals surface area (Å²) in [5.41, 5.74) is -1.31. The predicted octanol–water partition coefficient (Wildman–Crippen LogP) is 2.72. The van der Waals surface area contributed by atoms with E-state index in [2.05, 4.69) is 10.9 Å². The summed E-state index contributed by atoms with van der Waals surface area (Å²) in [7, 11) is 0. The summed E-state index contributed by atoms with van der Waals surface area (Å²) >= 11 is 0. The van der Waals surface area contributed by atoms with Crippen LogP contribution in [0.3, 0.4) is 0 Å². The van der Waals surface area contributed by atoms with E-state index in [0.717, 1.165) is 10.8 Å². The Hall–Kier alpha value is -5.73. The molecule has 1 aliphatic heterocycles. The fraction of sp³-hybridized carbons (Fsp3) is 0.156. The van der Waals surface area contributed by atoms with Crippen molar-refractivity contribution in [1.29, 1.82) is 0 Å². The number of aromatic nitrogens is 2. The molecule has 3 aromatic carbocycles. The molecule has 0 bridgehead atoms. The molecule has 11 heteroatoms. The quantitative estimate of drug-likeness (QED) is 0.189. The van der Waals surface area contributed by atoms with Crippen molar-refractivity contribution >= 4 is 17.9 Å². The van der Waals surface area contributed by atoms with Crippen LogP contribution in [0, 0.1) is 12.3 Å². The molecule has 1 fully saturated rings. The van der Waals surface area contributed by atoms with Crippen molar-refractivity contribution in [3.05, 3.63) is 140 Å². The van der Waals surface area contributed by atoms with Gasteiger partial charge in [0, 0.05) is 6.20 Å². The number of ether oxygens (including phenoxy) is 4. The summed E-state index contributed by atoms with van der Waals surface area (Å²) < 4.78 is 24.1. The van der Waals surface area contributed by atoms with Crippen LogP contribution in [0.4, 0.5) is 0 Å². The molecule has 1 aromatic heterocycles. The number of hydrogen-bond donors (Lipinski definition) is 1. The molecule has 0 radical (unpaired) electrons. The number of rotatable bonds is 8. The van der Waals surface area contributed by atoms with Crippen LogP contribution in [0.5, 0.6) is 0 Å². The number of H-pyrrole nitrogens is 1. The van der Waals surface area contributed by atoms with Crippen LogP contribution in [0.1, 0.15) is 42.9 Å². The van der Waals surface area contributed by atoms with Gasteiger partial charge in [-0.05, 0) is 36.4 Å². The Labute approximate surface area is 244 Å². The second kappa shape index (κ2) is 12.8. The number of nitrogens with zero attached hydrogens (tertiary/aromatic N) is 1. The third-order valence-electron chi connectivity index (χ3n) is 6.58. The highest BCUT2D eigenvalue weighted by Gasteiger charge is 2.51. The first-order chi connectivity index (χ1) is 20.9. The van der Waals surface area contributed by atoms with Crippen LogP contribution < -0.4 is 11.2 Å². The molecule has 5 rings (SSSR count). The van der Waals surface area contributed by atoms with Crippen LogP contribution in [0.25, 0.3) is 0 Å². The smallest absolute Gasteiger partial charge is 0.338 e. The zero-order valence-electron chi connectivity index (χ0n) is 22.5. The second-order valence-electron chi connectivity index (χ2n) is 9.36. The molecular formula is C32H24N2O9. The summed E-state index contributed by atoms with van der Waals surface area (Å²) in [5, 5.41) is 0. The van der Waals surface area contributed by atoms with Gasteiger partial charge >= 0.3 is 23.6 Å². The number of aromatic amines is 1. The van der Waals surface area contributed by atoms with Gasteiger partial charge in [0.05, 0.1) is 16.7 Å². The van der Waals surface area contributed by atoms with E-state index in [-0.39, 0.29) is 22.3 Å². The first kappa shape index (κ1) is 28.8. The molecule has 0 aliphatic carbocycles. The van der Waals surface area contributed by atoms with E-state index in [1.54, 1.807) is 66.7 Å². The Bertz CT molecular complexity index is 1780. The van der Waals surface area contributed by atoms with Crippen LogP contribution in [-0.4, -0.2) is 52.4 Å². The number of benzene rings is 3. The SMILES string of the molecule is C#Cc1cn([C@@H]2O[C@H](COC(=O)c3ccccc3)[C@@H](OC(=O)c3ccccc3)[C@H]2OC(=O)c2ccccc2)c(=O)[nH]c1=O. The van der Waals surface area contributed by atoms with Crippen LogP contribution in [-0.2, 0) is 18.9 Å². The van der Waals surface area contributed by atoms with Crippen molar-refractivity contribution < 1.29 is 33.3 Å². The number of esters is 3. The average Bonchev–Trinajstić information content (AvgIpc) is 3.36. The number of carbonyl (C=O) groups is 3. The van der Waals surface area contributed by atoms with Gasteiger partial charge in [0.2, 0.25) is 0 Å². The minimum Gasteiger partial charge on any atom is -0.459 e. The first-order valence-corrected chi connectivity index (χ1v) is 13.1. The average molecular weight is 581 g/mol. The first-order valence-electron chi connectivity index (χ1n) is 13.1. The highest BCUT2D eigenvalue weighted by atomic mass is 16.7. The molecule has 1 N–H and O–H groups in total. The number of carbonyl (C=O) groups excluding carboxylic acids is 3. The molecule has 0 saturated carbocycles. The zero-order chi connectivity index (χ0) is 30.3. The monoisotopic (exact) mass is 580 g/mol. The molecule has 0 spiro atoms. The maximum absolute atomic E-state index is 13.2. The van der Waals surface area contributed by atoms with Crippen LogP contribution in [0.2, 0.25) is 0 Å². The standard InChI is InChI=1S/C32H24N2O9/c1-2-20-18-34(32(39)33-27(20)35)28-26(43-31(38)23-16-10-5-11-17-23)25(42-30(37)22-14-8-4-9-15-22)24(41-28)19-40-29(36)21-12-6-3-7-13-21/h1,3-18,24-26,28H,19H2,(H,33,35,39)/t24-,25-,26-,28-/m1/s1. The molecule has 0 unspecified atom stereocenters. The van der Waals surface area contributed by atoms with E-state index >= 15 is 0 Å². The summed E-state index contributed by atoms with van der Waals surface area (Å²) in [6.45, 7) is -0.448. The molecule has 216 valence electrons. The number of terminal acetylenes is 1. The van der Waals surface area contributed by atoms with Crippen molar-refractivity contribution in [3.63, 3.8) is 0 Å². The van der Waals surface area contributed by atoms with Gasteiger partial charge in [0.15, 0.2) is 18.4 Å². The lowest BCUT2D eigenvalue weighted by atomic mass is 10.1. The lowest BCUT2D eigenvalue weighted by Gasteiger charge is -2.25. The molecule has 4 atom stereocenters. The van der Waals surface area contributed by atoms with Gasteiger partial charge in [-0.1, -0.05) is 60.5 Å². The maximum Gasteiger partial charge on any atom is 0.338 e. The summed E-state index contributed by atoms with van der Waals surface area (Å²) in [6.07, 6.45) is 1.03. The van der Waals surface area contributed by atoms with E-state index in [1.807, 2.05) is 0 Å². The van der Waals surface area contributed by atoms with Crippen molar-refractivity contribution in [2.24, 2.45) is 0 Å². The van der Waals surface area contributed by atoms with Gasteiger partial charge < -0.3 is 18.9 Å². The molecule has 11 nitrogen and oxygen atoms in total. The van der Waals surface area contributed by atoms with Crippen molar-refractivity contribution in [3.8, 4) is 12.3 Å². The minimum absolute atomic E-state index is 0.173. The summed E-state index contributed by atoms with van der Waals surface area (Å²) in [4.78, 5) is 66.3. The van der Waals surface area contributed by atoms with E-state index in [9.17, 15) is 24.0 Å². The highest BCUT2D eigenvalue weighted by molar-refractivity contribution is 5.91. The third kappa shape index (κ3) is 6.45. The van der Waals surface area contributed by atoms with Gasteiger partial charge in [-0.3, -0.25) is 14.3 Å². The molecule has 1 saturated heterocycles.